The Balaban J connectivity index is 1.75. The number of nitrogens with one attached hydrogen (secondary N) is 2. The highest BCUT2D eigenvalue weighted by Gasteiger charge is 2.24. The van der Waals surface area contributed by atoms with Crippen LogP contribution in [0.1, 0.15) is 32.3 Å². The average Bonchev–Trinajstić information content (AvgIpc) is 3.04. The second-order valence-corrected chi connectivity index (χ2v) is 7.13. The molecule has 1 fully saturated rings. The van der Waals surface area contributed by atoms with E-state index in [0.29, 0.717) is 6.04 Å². The van der Waals surface area contributed by atoms with Crippen LogP contribution in [-0.2, 0) is 6.42 Å². The predicted octanol–water partition coefficient (Wildman–Crippen LogP) is 2.52. The molecule has 25 heavy (non-hydrogen) atoms. The first-order valence-electron chi connectivity index (χ1n) is 9.44. The van der Waals surface area contributed by atoms with Crippen LogP contribution in [0, 0.1) is 5.92 Å². The fraction of sp³-hybridized carbons (Fsp3) is 0.650. The number of hydrogen-bond acceptors (Lipinski definition) is 3. The van der Waals surface area contributed by atoms with Crippen LogP contribution in [0.3, 0.4) is 0 Å². The van der Waals surface area contributed by atoms with Crippen LogP contribution < -0.4 is 15.4 Å². The fourth-order valence-corrected chi connectivity index (χ4v) is 3.50. The van der Waals surface area contributed by atoms with E-state index >= 15 is 0 Å². The lowest BCUT2D eigenvalue weighted by Crippen LogP contribution is -2.46. The molecule has 0 aromatic heterocycles. The van der Waals surface area contributed by atoms with Gasteiger partial charge in [0.25, 0.3) is 0 Å². The number of aliphatic imine (C=N–C) groups is 1. The lowest BCUT2D eigenvalue weighted by molar-refractivity contribution is 0.226. The van der Waals surface area contributed by atoms with Crippen molar-refractivity contribution in [2.75, 3.05) is 40.3 Å². The lowest BCUT2D eigenvalue weighted by Gasteiger charge is -2.27. The number of hydrogen-bond donors (Lipinski definition) is 2. The van der Waals surface area contributed by atoms with Crippen LogP contribution in [0.4, 0.5) is 0 Å². The van der Waals surface area contributed by atoms with Gasteiger partial charge in [0.1, 0.15) is 5.75 Å². The van der Waals surface area contributed by atoms with Gasteiger partial charge in [-0.1, -0.05) is 32.0 Å². The number of benzene rings is 1. The average molecular weight is 347 g/mol. The largest absolute Gasteiger partial charge is 0.496 e. The number of methoxy groups -OCH3 is 1. The summed E-state index contributed by atoms with van der Waals surface area (Å²) in [4.78, 5) is 6.96. The Morgan fingerprint density at radius 2 is 2.12 bits per heavy atom. The predicted molar refractivity (Wildman–Crippen MR) is 105 cm³/mol. The number of nitrogens with zero attached hydrogens (tertiary/aromatic N) is 2. The van der Waals surface area contributed by atoms with Crippen LogP contribution in [0.5, 0.6) is 5.75 Å². The van der Waals surface area contributed by atoms with E-state index in [1.54, 1.807) is 7.11 Å². The molecule has 2 rings (SSSR count). The van der Waals surface area contributed by atoms with Gasteiger partial charge < -0.3 is 15.4 Å². The van der Waals surface area contributed by atoms with Crippen molar-refractivity contribution in [2.24, 2.45) is 10.9 Å². The molecule has 0 amide bonds. The van der Waals surface area contributed by atoms with Gasteiger partial charge >= 0.3 is 0 Å². The molecule has 1 atom stereocenters. The molecule has 2 N–H and O–H groups in total. The summed E-state index contributed by atoms with van der Waals surface area (Å²) >= 11 is 0. The SMILES string of the molecule is CN=C(NCCc1ccccc1OC)NC[C@H]1CCCN1CC(C)C. The highest BCUT2D eigenvalue weighted by Crippen LogP contribution is 2.18. The van der Waals surface area contributed by atoms with E-state index in [2.05, 4.69) is 40.4 Å². The molecule has 1 aliphatic rings. The fourth-order valence-electron chi connectivity index (χ4n) is 3.50. The minimum absolute atomic E-state index is 0.621. The van der Waals surface area contributed by atoms with Gasteiger partial charge in [0, 0.05) is 32.7 Å². The van der Waals surface area contributed by atoms with Gasteiger partial charge in [-0.2, -0.15) is 0 Å². The minimum Gasteiger partial charge on any atom is -0.496 e. The summed E-state index contributed by atoms with van der Waals surface area (Å²) < 4.78 is 5.41. The molecule has 0 spiro atoms. The first-order chi connectivity index (χ1) is 12.1. The molecule has 5 nitrogen and oxygen atoms in total. The quantitative estimate of drug-likeness (QED) is 0.561. The molecule has 5 heteroatoms. The number of rotatable bonds is 8. The Bertz CT molecular complexity index is 544. The van der Waals surface area contributed by atoms with Crippen molar-refractivity contribution in [3.05, 3.63) is 29.8 Å². The van der Waals surface area contributed by atoms with Crippen LogP contribution in [0.15, 0.2) is 29.3 Å². The third-order valence-corrected chi connectivity index (χ3v) is 4.71. The second-order valence-electron chi connectivity index (χ2n) is 7.13. The van der Waals surface area contributed by atoms with Crippen molar-refractivity contribution < 1.29 is 4.74 Å². The van der Waals surface area contributed by atoms with Crippen molar-refractivity contribution in [3.8, 4) is 5.75 Å². The van der Waals surface area contributed by atoms with Crippen molar-refractivity contribution >= 4 is 5.96 Å². The Hall–Kier alpha value is -1.75. The molecule has 0 unspecified atom stereocenters. The van der Waals surface area contributed by atoms with Gasteiger partial charge in [-0.15, -0.1) is 0 Å². The molecule has 1 aromatic rings. The van der Waals surface area contributed by atoms with E-state index in [9.17, 15) is 0 Å². The number of ether oxygens (including phenoxy) is 1. The van der Waals surface area contributed by atoms with E-state index in [1.165, 1.54) is 31.5 Å². The van der Waals surface area contributed by atoms with Crippen LogP contribution in [-0.4, -0.2) is 57.2 Å². The first kappa shape index (κ1) is 19.6. The smallest absolute Gasteiger partial charge is 0.191 e. The second kappa shape index (κ2) is 10.3. The first-order valence-corrected chi connectivity index (χ1v) is 9.44. The van der Waals surface area contributed by atoms with Crippen molar-refractivity contribution in [3.63, 3.8) is 0 Å². The van der Waals surface area contributed by atoms with E-state index in [4.69, 9.17) is 4.74 Å². The molecule has 0 bridgehead atoms. The third-order valence-electron chi connectivity index (χ3n) is 4.71. The highest BCUT2D eigenvalue weighted by molar-refractivity contribution is 5.79. The summed E-state index contributed by atoms with van der Waals surface area (Å²) in [5.41, 5.74) is 1.21. The zero-order chi connectivity index (χ0) is 18.1. The summed E-state index contributed by atoms with van der Waals surface area (Å²) in [6.07, 6.45) is 3.49. The zero-order valence-electron chi connectivity index (χ0n) is 16.2. The van der Waals surface area contributed by atoms with E-state index in [1.807, 2.05) is 25.2 Å². The van der Waals surface area contributed by atoms with Crippen LogP contribution in [0.25, 0.3) is 0 Å². The van der Waals surface area contributed by atoms with Gasteiger partial charge in [-0.05, 0) is 43.4 Å². The standard InChI is InChI=1S/C20H34N4O/c1-16(2)15-24-13-7-9-18(24)14-23-20(21-3)22-12-11-17-8-5-6-10-19(17)25-4/h5-6,8,10,16,18H,7,9,11-15H2,1-4H3,(H2,21,22,23)/t18-/m1/s1. The van der Waals surface area contributed by atoms with Crippen molar-refractivity contribution in [1.82, 2.24) is 15.5 Å². The minimum atomic E-state index is 0.621. The summed E-state index contributed by atoms with van der Waals surface area (Å²) in [7, 11) is 3.55. The van der Waals surface area contributed by atoms with E-state index < -0.39 is 0 Å². The molecule has 0 aliphatic carbocycles. The number of para-hydroxylation sites is 1. The molecule has 0 saturated carbocycles. The highest BCUT2D eigenvalue weighted by atomic mass is 16.5. The van der Waals surface area contributed by atoms with E-state index in [-0.39, 0.29) is 0 Å². The number of likely N-dealkylation sites (tertiary alicyclic amines) is 1. The molecule has 1 saturated heterocycles. The summed E-state index contributed by atoms with van der Waals surface area (Å²) in [5.74, 6) is 2.55. The number of guanidine groups is 1. The molecule has 1 heterocycles. The van der Waals surface area contributed by atoms with Gasteiger partial charge in [-0.3, -0.25) is 9.89 Å². The summed E-state index contributed by atoms with van der Waals surface area (Å²) in [6.45, 7) is 8.79. The summed E-state index contributed by atoms with van der Waals surface area (Å²) in [5, 5.41) is 6.91. The van der Waals surface area contributed by atoms with Crippen LogP contribution in [0.2, 0.25) is 0 Å². The molecule has 0 radical (unpaired) electrons. The third kappa shape index (κ3) is 6.24. The maximum absolute atomic E-state index is 5.41. The molecule has 140 valence electrons. The molecule has 1 aromatic carbocycles. The molecular weight excluding hydrogens is 312 g/mol. The van der Waals surface area contributed by atoms with E-state index in [0.717, 1.165) is 37.1 Å². The Kier molecular flexibility index (Phi) is 8.06. The topological polar surface area (TPSA) is 48.9 Å². The van der Waals surface area contributed by atoms with Crippen molar-refractivity contribution in [2.45, 2.75) is 39.2 Å². The van der Waals surface area contributed by atoms with Gasteiger partial charge in [0.05, 0.1) is 7.11 Å². The van der Waals surface area contributed by atoms with Gasteiger partial charge in [-0.25, -0.2) is 0 Å². The zero-order valence-corrected chi connectivity index (χ0v) is 16.2. The maximum atomic E-state index is 5.41. The van der Waals surface area contributed by atoms with Crippen LogP contribution >= 0.6 is 0 Å². The summed E-state index contributed by atoms with van der Waals surface area (Å²) in [6, 6.07) is 8.79. The maximum Gasteiger partial charge on any atom is 0.191 e. The van der Waals surface area contributed by atoms with Gasteiger partial charge in [0.2, 0.25) is 0 Å². The van der Waals surface area contributed by atoms with Gasteiger partial charge in [0.15, 0.2) is 5.96 Å². The Morgan fingerprint density at radius 1 is 1.32 bits per heavy atom. The monoisotopic (exact) mass is 346 g/mol. The Labute approximate surface area is 152 Å². The van der Waals surface area contributed by atoms with Crippen molar-refractivity contribution in [1.29, 1.82) is 0 Å². The Morgan fingerprint density at radius 3 is 2.84 bits per heavy atom. The lowest BCUT2D eigenvalue weighted by atomic mass is 10.1. The molecule has 1 aliphatic heterocycles. The normalized spacial score (nSPS) is 18.6. The molecular formula is C20H34N4O.